The van der Waals surface area contributed by atoms with E-state index in [0.29, 0.717) is 24.0 Å². The molecule has 1 atom stereocenters. The molecule has 0 saturated carbocycles. The molecule has 20 heavy (non-hydrogen) atoms. The summed E-state index contributed by atoms with van der Waals surface area (Å²) in [4.78, 5) is 0.154. The highest BCUT2D eigenvalue weighted by Gasteiger charge is 2.17. The number of ether oxygens (including phenoxy) is 2. The maximum Gasteiger partial charge on any atom is 0.238 e. The Labute approximate surface area is 120 Å². The summed E-state index contributed by atoms with van der Waals surface area (Å²) in [6.45, 7) is 4.99. The van der Waals surface area contributed by atoms with Crippen molar-refractivity contribution in [1.82, 2.24) is 0 Å². The first kappa shape index (κ1) is 15.3. The van der Waals surface area contributed by atoms with E-state index in [0.717, 1.165) is 31.4 Å². The van der Waals surface area contributed by atoms with E-state index in [1.165, 1.54) is 6.07 Å². The Morgan fingerprint density at radius 1 is 1.35 bits per heavy atom. The van der Waals surface area contributed by atoms with Gasteiger partial charge >= 0.3 is 0 Å². The zero-order valence-electron chi connectivity index (χ0n) is 11.9. The number of hydrogen-bond acceptors (Lipinski definition) is 4. The summed E-state index contributed by atoms with van der Waals surface area (Å²) in [5, 5.41) is 5.17. The largest absolute Gasteiger partial charge is 0.493 e. The second-order valence-electron chi connectivity index (χ2n) is 5.13. The number of rotatable bonds is 5. The van der Waals surface area contributed by atoms with Crippen LogP contribution < -0.4 is 9.88 Å². The van der Waals surface area contributed by atoms with Crippen LogP contribution in [0.2, 0.25) is 0 Å². The van der Waals surface area contributed by atoms with Gasteiger partial charge in [-0.05, 0) is 49.9 Å². The van der Waals surface area contributed by atoms with Crippen molar-refractivity contribution in [2.24, 2.45) is 5.14 Å². The third-order valence-corrected chi connectivity index (χ3v) is 4.77. The molecule has 1 aliphatic heterocycles. The van der Waals surface area contributed by atoms with Gasteiger partial charge in [0.25, 0.3) is 0 Å². The first-order valence-electron chi connectivity index (χ1n) is 6.77. The fraction of sp³-hybridized carbons (Fsp3) is 0.571. The highest BCUT2D eigenvalue weighted by molar-refractivity contribution is 7.89. The average molecular weight is 299 g/mol. The number of sulfonamides is 1. The van der Waals surface area contributed by atoms with Gasteiger partial charge in [-0.25, -0.2) is 13.6 Å². The van der Waals surface area contributed by atoms with Gasteiger partial charge in [-0.1, -0.05) is 0 Å². The number of primary sulfonamides is 1. The average Bonchev–Trinajstić information content (AvgIpc) is 2.86. The van der Waals surface area contributed by atoms with E-state index in [9.17, 15) is 8.42 Å². The van der Waals surface area contributed by atoms with Crippen LogP contribution in [0.1, 0.15) is 30.4 Å². The lowest BCUT2D eigenvalue weighted by Gasteiger charge is -2.15. The normalized spacial score (nSPS) is 19.2. The second kappa shape index (κ2) is 6.11. The molecule has 1 fully saturated rings. The molecule has 5 nitrogen and oxygen atoms in total. The van der Waals surface area contributed by atoms with Crippen LogP contribution in [0.4, 0.5) is 0 Å². The highest BCUT2D eigenvalue weighted by Crippen LogP contribution is 2.27. The van der Waals surface area contributed by atoms with Crippen molar-refractivity contribution in [3.63, 3.8) is 0 Å². The Balaban J connectivity index is 2.04. The van der Waals surface area contributed by atoms with Crippen molar-refractivity contribution in [3.8, 4) is 5.75 Å². The number of nitrogens with two attached hydrogens (primary N) is 1. The Morgan fingerprint density at radius 2 is 2.10 bits per heavy atom. The van der Waals surface area contributed by atoms with E-state index in [1.54, 1.807) is 13.0 Å². The maximum atomic E-state index is 11.4. The minimum absolute atomic E-state index is 0.154. The first-order chi connectivity index (χ1) is 9.39. The van der Waals surface area contributed by atoms with Gasteiger partial charge in [-0.15, -0.1) is 0 Å². The lowest BCUT2D eigenvalue weighted by atomic mass is 10.1. The molecular weight excluding hydrogens is 278 g/mol. The minimum Gasteiger partial charge on any atom is -0.493 e. The predicted molar refractivity (Wildman–Crippen MR) is 76.4 cm³/mol. The van der Waals surface area contributed by atoms with E-state index in [1.807, 2.05) is 6.92 Å². The van der Waals surface area contributed by atoms with Crippen molar-refractivity contribution in [2.45, 2.75) is 44.1 Å². The number of benzene rings is 1. The molecule has 1 aromatic carbocycles. The molecule has 1 aliphatic rings. The van der Waals surface area contributed by atoms with Crippen molar-refractivity contribution in [2.75, 3.05) is 13.2 Å². The van der Waals surface area contributed by atoms with E-state index in [4.69, 9.17) is 14.6 Å². The predicted octanol–water partition coefficient (Wildman–Crippen LogP) is 1.90. The van der Waals surface area contributed by atoms with Gasteiger partial charge in [0.2, 0.25) is 10.0 Å². The first-order valence-corrected chi connectivity index (χ1v) is 8.31. The Hall–Kier alpha value is -1.11. The summed E-state index contributed by atoms with van der Waals surface area (Å²) >= 11 is 0. The van der Waals surface area contributed by atoms with E-state index in [-0.39, 0.29) is 4.90 Å². The molecule has 0 aromatic heterocycles. The second-order valence-corrected chi connectivity index (χ2v) is 6.66. The summed E-state index contributed by atoms with van der Waals surface area (Å²) < 4.78 is 34.1. The Kier molecular flexibility index (Phi) is 4.67. The van der Waals surface area contributed by atoms with Gasteiger partial charge in [0.1, 0.15) is 5.75 Å². The topological polar surface area (TPSA) is 78.6 Å². The maximum absolute atomic E-state index is 11.4. The fourth-order valence-electron chi connectivity index (χ4n) is 2.41. The molecule has 112 valence electrons. The van der Waals surface area contributed by atoms with Crippen LogP contribution in [0.5, 0.6) is 5.75 Å². The van der Waals surface area contributed by atoms with Gasteiger partial charge in [0.05, 0.1) is 17.6 Å². The standard InChI is InChI=1S/C14H21NO4S/c1-10-11(2)14(20(15,16)17)6-5-13(10)19-9-7-12-4-3-8-18-12/h5-6,12H,3-4,7-9H2,1-2H3,(H2,15,16,17). The molecule has 1 heterocycles. The lowest BCUT2D eigenvalue weighted by Crippen LogP contribution is -2.15. The van der Waals surface area contributed by atoms with Crippen LogP contribution in [0, 0.1) is 13.8 Å². The molecule has 0 bridgehead atoms. The van der Waals surface area contributed by atoms with Crippen molar-refractivity contribution >= 4 is 10.0 Å². The molecule has 0 amide bonds. The van der Waals surface area contributed by atoms with Crippen LogP contribution in [0.3, 0.4) is 0 Å². The molecule has 0 radical (unpaired) electrons. The molecule has 1 unspecified atom stereocenters. The molecule has 0 aliphatic carbocycles. The Morgan fingerprint density at radius 3 is 2.70 bits per heavy atom. The summed E-state index contributed by atoms with van der Waals surface area (Å²) in [6.07, 6.45) is 3.35. The molecule has 1 saturated heterocycles. The molecule has 2 rings (SSSR count). The Bertz CT molecular complexity index is 577. The van der Waals surface area contributed by atoms with Crippen LogP contribution in [0.15, 0.2) is 17.0 Å². The van der Waals surface area contributed by atoms with E-state index >= 15 is 0 Å². The summed E-state index contributed by atoms with van der Waals surface area (Å²) in [6, 6.07) is 3.16. The van der Waals surface area contributed by atoms with E-state index in [2.05, 4.69) is 0 Å². The molecule has 0 spiro atoms. The van der Waals surface area contributed by atoms with Gasteiger partial charge in [0, 0.05) is 13.0 Å². The van der Waals surface area contributed by atoms with Crippen LogP contribution in [0.25, 0.3) is 0 Å². The zero-order chi connectivity index (χ0) is 14.8. The minimum atomic E-state index is -3.68. The lowest BCUT2D eigenvalue weighted by molar-refractivity contribution is 0.0902. The van der Waals surface area contributed by atoms with Gasteiger partial charge in [-0.3, -0.25) is 0 Å². The van der Waals surface area contributed by atoms with Crippen molar-refractivity contribution in [1.29, 1.82) is 0 Å². The van der Waals surface area contributed by atoms with Gasteiger partial charge in [0.15, 0.2) is 0 Å². The van der Waals surface area contributed by atoms with Crippen LogP contribution >= 0.6 is 0 Å². The molecular formula is C14H21NO4S. The van der Waals surface area contributed by atoms with Crippen molar-refractivity contribution < 1.29 is 17.9 Å². The number of hydrogen-bond donors (Lipinski definition) is 1. The van der Waals surface area contributed by atoms with Gasteiger partial charge in [-0.2, -0.15) is 0 Å². The molecule has 2 N–H and O–H groups in total. The molecule has 1 aromatic rings. The van der Waals surface area contributed by atoms with Crippen LogP contribution in [-0.4, -0.2) is 27.7 Å². The quantitative estimate of drug-likeness (QED) is 0.900. The van der Waals surface area contributed by atoms with Gasteiger partial charge < -0.3 is 9.47 Å². The molecule has 6 heteroatoms. The zero-order valence-corrected chi connectivity index (χ0v) is 12.7. The smallest absolute Gasteiger partial charge is 0.238 e. The summed E-state index contributed by atoms with van der Waals surface area (Å²) in [5.41, 5.74) is 1.45. The third-order valence-electron chi connectivity index (χ3n) is 3.72. The highest BCUT2D eigenvalue weighted by atomic mass is 32.2. The van der Waals surface area contributed by atoms with E-state index < -0.39 is 10.0 Å². The fourth-order valence-corrected chi connectivity index (χ4v) is 3.25. The SMILES string of the molecule is Cc1c(OCCC2CCCO2)ccc(S(N)(=O)=O)c1C. The summed E-state index contributed by atoms with van der Waals surface area (Å²) in [5.74, 6) is 0.702. The monoisotopic (exact) mass is 299 g/mol. The van der Waals surface area contributed by atoms with Crippen molar-refractivity contribution in [3.05, 3.63) is 23.3 Å². The summed E-state index contributed by atoms with van der Waals surface area (Å²) in [7, 11) is -3.68. The van der Waals surface area contributed by atoms with Crippen LogP contribution in [-0.2, 0) is 14.8 Å². The third kappa shape index (κ3) is 3.50.